The van der Waals surface area contributed by atoms with Crippen LogP contribution in [0, 0.1) is 0 Å². The Morgan fingerprint density at radius 1 is 1.00 bits per heavy atom. The lowest BCUT2D eigenvalue weighted by Gasteiger charge is -2.20. The van der Waals surface area contributed by atoms with Crippen LogP contribution in [-0.4, -0.2) is 26.6 Å². The van der Waals surface area contributed by atoms with E-state index in [-0.39, 0.29) is 5.41 Å². The van der Waals surface area contributed by atoms with E-state index in [1.165, 1.54) is 5.56 Å². The molecule has 0 radical (unpaired) electrons. The van der Waals surface area contributed by atoms with Crippen LogP contribution in [0.2, 0.25) is 0 Å². The quantitative estimate of drug-likeness (QED) is 0.577. The highest BCUT2D eigenvalue weighted by atomic mass is 16.5. The third-order valence-electron chi connectivity index (χ3n) is 4.74. The molecule has 0 spiro atoms. The van der Waals surface area contributed by atoms with Gasteiger partial charge in [-0.25, -0.2) is 9.97 Å². The number of nitrogens with two attached hydrogens (primary N) is 1. The first-order valence-electron chi connectivity index (χ1n) is 9.14. The van der Waals surface area contributed by atoms with Gasteiger partial charge in [0.1, 0.15) is 11.3 Å². The summed E-state index contributed by atoms with van der Waals surface area (Å²) in [5.41, 5.74) is 10.6. The minimum absolute atomic E-state index is 0.0189. The monoisotopic (exact) mass is 373 g/mol. The number of imidazole rings is 1. The van der Waals surface area contributed by atoms with E-state index in [2.05, 4.69) is 48.9 Å². The topological polar surface area (TPSA) is 78.9 Å². The first-order chi connectivity index (χ1) is 13.4. The van der Waals surface area contributed by atoms with E-state index < -0.39 is 0 Å². The van der Waals surface area contributed by atoms with Gasteiger partial charge in [0.2, 0.25) is 5.88 Å². The van der Waals surface area contributed by atoms with Crippen molar-refractivity contribution < 1.29 is 4.74 Å². The smallest absolute Gasteiger partial charge is 0.215 e. The second kappa shape index (κ2) is 6.64. The van der Waals surface area contributed by atoms with Gasteiger partial charge >= 0.3 is 0 Å². The van der Waals surface area contributed by atoms with E-state index in [4.69, 9.17) is 15.5 Å². The van der Waals surface area contributed by atoms with E-state index >= 15 is 0 Å². The van der Waals surface area contributed by atoms with Gasteiger partial charge in [-0.1, -0.05) is 32.9 Å². The van der Waals surface area contributed by atoms with Gasteiger partial charge in [0.05, 0.1) is 12.7 Å². The van der Waals surface area contributed by atoms with Gasteiger partial charge in [-0.2, -0.15) is 4.98 Å². The van der Waals surface area contributed by atoms with Crippen molar-refractivity contribution in [1.82, 2.24) is 19.5 Å². The molecule has 4 aromatic rings. The zero-order chi connectivity index (χ0) is 19.9. The number of aromatic nitrogens is 4. The molecule has 4 rings (SSSR count). The maximum Gasteiger partial charge on any atom is 0.215 e. The van der Waals surface area contributed by atoms with E-state index in [1.54, 1.807) is 13.3 Å². The SMILES string of the molecule is COc1ccc2nc(-c3cccnc3N)n(-c3cccc(C(C)(C)C)c3)c2n1. The molecule has 0 atom stereocenters. The Morgan fingerprint density at radius 2 is 1.82 bits per heavy atom. The van der Waals surface area contributed by atoms with E-state index in [0.29, 0.717) is 23.2 Å². The predicted octanol–water partition coefficient (Wildman–Crippen LogP) is 4.37. The summed E-state index contributed by atoms with van der Waals surface area (Å²) in [6.07, 6.45) is 1.67. The number of benzene rings is 1. The van der Waals surface area contributed by atoms with Crippen LogP contribution >= 0.6 is 0 Å². The summed E-state index contributed by atoms with van der Waals surface area (Å²) < 4.78 is 7.35. The molecule has 6 nitrogen and oxygen atoms in total. The highest BCUT2D eigenvalue weighted by molar-refractivity contribution is 5.83. The molecule has 0 bridgehead atoms. The fraction of sp³-hybridized carbons (Fsp3) is 0.227. The van der Waals surface area contributed by atoms with Gasteiger partial charge in [-0.3, -0.25) is 4.57 Å². The Morgan fingerprint density at radius 3 is 2.54 bits per heavy atom. The molecule has 0 aliphatic carbocycles. The highest BCUT2D eigenvalue weighted by Crippen LogP contribution is 2.32. The van der Waals surface area contributed by atoms with E-state index in [9.17, 15) is 0 Å². The summed E-state index contributed by atoms with van der Waals surface area (Å²) in [6.45, 7) is 6.58. The largest absolute Gasteiger partial charge is 0.481 e. The average Bonchev–Trinajstić information content (AvgIpc) is 3.06. The molecule has 1 aromatic carbocycles. The Bertz CT molecular complexity index is 1160. The Hall–Kier alpha value is -3.41. The number of ether oxygens (including phenoxy) is 1. The van der Waals surface area contributed by atoms with Gasteiger partial charge in [0, 0.05) is 18.0 Å². The van der Waals surface area contributed by atoms with Crippen molar-refractivity contribution in [1.29, 1.82) is 0 Å². The van der Waals surface area contributed by atoms with Crippen LogP contribution in [0.25, 0.3) is 28.2 Å². The van der Waals surface area contributed by atoms with Crippen LogP contribution in [0.3, 0.4) is 0 Å². The number of nitrogen functional groups attached to an aromatic ring is 1. The molecule has 0 amide bonds. The highest BCUT2D eigenvalue weighted by Gasteiger charge is 2.20. The molecule has 0 aliphatic rings. The summed E-state index contributed by atoms with van der Waals surface area (Å²) in [5.74, 6) is 1.66. The Labute approximate surface area is 164 Å². The second-order valence-electron chi connectivity index (χ2n) is 7.70. The lowest BCUT2D eigenvalue weighted by Crippen LogP contribution is -2.12. The van der Waals surface area contributed by atoms with Gasteiger partial charge in [0.25, 0.3) is 0 Å². The average molecular weight is 373 g/mol. The summed E-state index contributed by atoms with van der Waals surface area (Å²) in [5, 5.41) is 0. The molecule has 0 unspecified atom stereocenters. The van der Waals surface area contributed by atoms with E-state index in [1.807, 2.05) is 34.9 Å². The Balaban J connectivity index is 2.05. The van der Waals surface area contributed by atoms with Crippen molar-refractivity contribution in [2.24, 2.45) is 0 Å². The summed E-state index contributed by atoms with van der Waals surface area (Å²) in [4.78, 5) is 13.7. The molecule has 142 valence electrons. The number of nitrogens with zero attached hydrogens (tertiary/aromatic N) is 4. The lowest BCUT2D eigenvalue weighted by atomic mass is 9.87. The van der Waals surface area contributed by atoms with Crippen molar-refractivity contribution in [3.8, 4) is 23.0 Å². The first-order valence-corrected chi connectivity index (χ1v) is 9.14. The van der Waals surface area contributed by atoms with Crippen LogP contribution in [0.4, 0.5) is 5.82 Å². The van der Waals surface area contributed by atoms with E-state index in [0.717, 1.165) is 16.8 Å². The van der Waals surface area contributed by atoms with Crippen molar-refractivity contribution >= 4 is 17.0 Å². The number of rotatable bonds is 3. The summed E-state index contributed by atoms with van der Waals surface area (Å²) >= 11 is 0. The third-order valence-corrected chi connectivity index (χ3v) is 4.74. The van der Waals surface area contributed by atoms with Crippen molar-refractivity contribution in [3.05, 3.63) is 60.3 Å². The fourth-order valence-corrected chi connectivity index (χ4v) is 3.20. The first kappa shape index (κ1) is 18.0. The zero-order valence-corrected chi connectivity index (χ0v) is 16.5. The molecule has 28 heavy (non-hydrogen) atoms. The zero-order valence-electron chi connectivity index (χ0n) is 16.5. The number of fused-ring (bicyclic) bond motifs is 1. The molecule has 3 heterocycles. The molecule has 0 saturated carbocycles. The maximum absolute atomic E-state index is 6.17. The standard InChI is InChI=1S/C22H23N5O/c1-22(2,3)14-7-5-8-15(13-14)27-20(16-9-6-12-24-19(16)23)25-17-10-11-18(28-4)26-21(17)27/h5-13H,1-4H3,(H2,23,24). The van der Waals surface area contributed by atoms with Crippen LogP contribution in [0.1, 0.15) is 26.3 Å². The van der Waals surface area contributed by atoms with Gasteiger partial charge < -0.3 is 10.5 Å². The second-order valence-corrected chi connectivity index (χ2v) is 7.70. The molecule has 0 aliphatic heterocycles. The summed E-state index contributed by atoms with van der Waals surface area (Å²) in [7, 11) is 1.61. The predicted molar refractivity (Wildman–Crippen MR) is 112 cm³/mol. The number of anilines is 1. The molecular weight excluding hydrogens is 350 g/mol. The number of pyridine rings is 2. The van der Waals surface area contributed by atoms with Crippen molar-refractivity contribution in [2.75, 3.05) is 12.8 Å². The van der Waals surface area contributed by atoms with Crippen LogP contribution in [0.5, 0.6) is 5.88 Å². The number of methoxy groups -OCH3 is 1. The van der Waals surface area contributed by atoms with Gasteiger partial charge in [0.15, 0.2) is 11.5 Å². The molecule has 2 N–H and O–H groups in total. The van der Waals surface area contributed by atoms with Crippen LogP contribution < -0.4 is 10.5 Å². The minimum Gasteiger partial charge on any atom is -0.481 e. The van der Waals surface area contributed by atoms with Gasteiger partial charge in [-0.15, -0.1) is 0 Å². The minimum atomic E-state index is 0.0189. The molecule has 6 heteroatoms. The number of hydrogen-bond acceptors (Lipinski definition) is 5. The molecule has 0 saturated heterocycles. The maximum atomic E-state index is 6.17. The molecular formula is C22H23N5O. The summed E-state index contributed by atoms with van der Waals surface area (Å²) in [6, 6.07) is 15.9. The lowest BCUT2D eigenvalue weighted by molar-refractivity contribution is 0.399. The molecule has 0 fully saturated rings. The Kier molecular flexibility index (Phi) is 4.26. The van der Waals surface area contributed by atoms with Crippen LogP contribution in [0.15, 0.2) is 54.7 Å². The van der Waals surface area contributed by atoms with Crippen molar-refractivity contribution in [3.63, 3.8) is 0 Å². The molecule has 3 aromatic heterocycles. The van der Waals surface area contributed by atoms with Crippen molar-refractivity contribution in [2.45, 2.75) is 26.2 Å². The number of hydrogen-bond donors (Lipinski definition) is 1. The fourth-order valence-electron chi connectivity index (χ4n) is 3.20. The van der Waals surface area contributed by atoms with Gasteiger partial charge in [-0.05, 0) is 41.3 Å². The van der Waals surface area contributed by atoms with Crippen LogP contribution in [-0.2, 0) is 5.41 Å². The third kappa shape index (κ3) is 3.07. The normalized spacial score (nSPS) is 11.7.